The van der Waals surface area contributed by atoms with Gasteiger partial charge >= 0.3 is 0 Å². The lowest BCUT2D eigenvalue weighted by molar-refractivity contribution is -0.120. The molecule has 3 aromatic rings. The van der Waals surface area contributed by atoms with Crippen LogP contribution in [0.2, 0.25) is 0 Å². The molecule has 2 heterocycles. The number of fused-ring (bicyclic) bond motifs is 1. The van der Waals surface area contributed by atoms with E-state index in [2.05, 4.69) is 15.4 Å². The zero-order chi connectivity index (χ0) is 16.2. The van der Waals surface area contributed by atoms with E-state index in [0.29, 0.717) is 23.0 Å². The highest BCUT2D eigenvalue weighted by Gasteiger charge is 2.12. The number of pyridine rings is 1. The van der Waals surface area contributed by atoms with Crippen molar-refractivity contribution >= 4 is 16.7 Å². The predicted octanol–water partition coefficient (Wildman–Crippen LogP) is 1.19. The van der Waals surface area contributed by atoms with Crippen LogP contribution in [0.4, 0.5) is 0 Å². The Hall–Kier alpha value is -3.02. The molecule has 116 valence electrons. The van der Waals surface area contributed by atoms with Gasteiger partial charge in [0.15, 0.2) is 0 Å². The van der Waals surface area contributed by atoms with Gasteiger partial charge in [0.05, 0.1) is 29.7 Å². The normalized spacial score (nSPS) is 10.7. The molecule has 0 aliphatic carbocycles. The first kappa shape index (κ1) is 14.9. The molecule has 0 saturated heterocycles. The van der Waals surface area contributed by atoms with Gasteiger partial charge < -0.3 is 5.32 Å². The molecule has 0 bridgehead atoms. The van der Waals surface area contributed by atoms with E-state index >= 15 is 0 Å². The van der Waals surface area contributed by atoms with Crippen molar-refractivity contribution < 1.29 is 4.79 Å². The first-order valence-corrected chi connectivity index (χ1v) is 7.26. The molecule has 0 unspecified atom stereocenters. The molecule has 0 saturated carbocycles. The lowest BCUT2D eigenvalue weighted by Crippen LogP contribution is -2.28. The van der Waals surface area contributed by atoms with Gasteiger partial charge in [0.2, 0.25) is 5.91 Å². The first-order valence-electron chi connectivity index (χ1n) is 7.26. The fourth-order valence-electron chi connectivity index (χ4n) is 2.41. The van der Waals surface area contributed by atoms with Crippen LogP contribution in [0.1, 0.15) is 11.4 Å². The van der Waals surface area contributed by atoms with E-state index in [4.69, 9.17) is 0 Å². The maximum atomic E-state index is 12.2. The van der Waals surface area contributed by atoms with Crippen molar-refractivity contribution in [2.45, 2.75) is 13.0 Å². The highest BCUT2D eigenvalue weighted by Crippen LogP contribution is 2.13. The Balaban J connectivity index is 1.80. The number of aromatic nitrogens is 3. The third-order valence-electron chi connectivity index (χ3n) is 3.55. The molecule has 0 spiro atoms. The van der Waals surface area contributed by atoms with E-state index < -0.39 is 0 Å². The minimum Gasteiger partial charge on any atom is -0.350 e. The Morgan fingerprint density at radius 2 is 1.87 bits per heavy atom. The average molecular weight is 308 g/mol. The Morgan fingerprint density at radius 1 is 1.13 bits per heavy atom. The van der Waals surface area contributed by atoms with Gasteiger partial charge in [0.1, 0.15) is 0 Å². The fourth-order valence-corrected chi connectivity index (χ4v) is 2.41. The summed E-state index contributed by atoms with van der Waals surface area (Å²) in [7, 11) is 1.59. The number of nitrogens with one attached hydrogen (secondary N) is 1. The summed E-state index contributed by atoms with van der Waals surface area (Å²) in [6.07, 6.45) is 1.80. The topological polar surface area (TPSA) is 76.9 Å². The van der Waals surface area contributed by atoms with E-state index in [1.54, 1.807) is 25.4 Å². The molecule has 6 nitrogen and oxygen atoms in total. The maximum Gasteiger partial charge on any atom is 0.274 e. The van der Waals surface area contributed by atoms with Gasteiger partial charge in [-0.1, -0.05) is 24.3 Å². The van der Waals surface area contributed by atoms with Gasteiger partial charge in [-0.25, -0.2) is 4.68 Å². The minimum absolute atomic E-state index is 0.113. The number of carbonyl (C=O) groups is 1. The van der Waals surface area contributed by atoms with Gasteiger partial charge in [-0.3, -0.25) is 14.6 Å². The van der Waals surface area contributed by atoms with Gasteiger partial charge in [-0.2, -0.15) is 5.10 Å². The van der Waals surface area contributed by atoms with Crippen molar-refractivity contribution in [2.75, 3.05) is 0 Å². The van der Waals surface area contributed by atoms with Gasteiger partial charge in [-0.05, 0) is 18.2 Å². The second-order valence-electron chi connectivity index (χ2n) is 5.20. The van der Waals surface area contributed by atoms with Crippen LogP contribution < -0.4 is 10.9 Å². The quantitative estimate of drug-likeness (QED) is 0.785. The Labute approximate surface area is 132 Å². The van der Waals surface area contributed by atoms with Crippen LogP contribution in [-0.2, 0) is 24.8 Å². The number of amides is 1. The molecule has 1 aromatic carbocycles. The second kappa shape index (κ2) is 6.39. The Kier molecular flexibility index (Phi) is 4.14. The molecule has 1 amide bonds. The lowest BCUT2D eigenvalue weighted by atomic mass is 10.1. The maximum absolute atomic E-state index is 12.2. The highest BCUT2D eigenvalue weighted by molar-refractivity contribution is 5.88. The summed E-state index contributed by atoms with van der Waals surface area (Å²) in [5.41, 5.74) is 1.21. The summed E-state index contributed by atoms with van der Waals surface area (Å²) in [6.45, 7) is 0.364. The zero-order valence-corrected chi connectivity index (χ0v) is 12.7. The number of nitrogens with zero attached hydrogens (tertiary/aromatic N) is 3. The number of benzene rings is 1. The summed E-state index contributed by atoms with van der Waals surface area (Å²) in [5, 5.41) is 8.32. The van der Waals surface area contributed by atoms with Crippen LogP contribution in [0.25, 0.3) is 10.8 Å². The minimum atomic E-state index is -0.168. The number of hydrogen-bond acceptors (Lipinski definition) is 4. The third kappa shape index (κ3) is 3.26. The summed E-state index contributed by atoms with van der Waals surface area (Å²) in [5.74, 6) is -0.160. The van der Waals surface area contributed by atoms with Gasteiger partial charge in [0, 0.05) is 18.6 Å². The average Bonchev–Trinajstić information content (AvgIpc) is 2.58. The summed E-state index contributed by atoms with van der Waals surface area (Å²) in [6, 6.07) is 12.7. The van der Waals surface area contributed by atoms with Crippen molar-refractivity contribution in [1.82, 2.24) is 20.1 Å². The second-order valence-corrected chi connectivity index (χ2v) is 5.20. The van der Waals surface area contributed by atoms with E-state index in [-0.39, 0.29) is 17.9 Å². The van der Waals surface area contributed by atoms with Crippen LogP contribution in [0, 0.1) is 0 Å². The molecular weight excluding hydrogens is 292 g/mol. The molecule has 0 aliphatic heterocycles. The van der Waals surface area contributed by atoms with Crippen molar-refractivity contribution in [3.63, 3.8) is 0 Å². The molecule has 3 rings (SSSR count). The lowest BCUT2D eigenvalue weighted by Gasteiger charge is -2.08. The predicted molar refractivity (Wildman–Crippen MR) is 86.8 cm³/mol. The van der Waals surface area contributed by atoms with Crippen molar-refractivity contribution in [3.8, 4) is 0 Å². The Bertz CT molecular complexity index is 903. The Morgan fingerprint density at radius 3 is 2.61 bits per heavy atom. The zero-order valence-electron chi connectivity index (χ0n) is 12.7. The van der Waals surface area contributed by atoms with Crippen LogP contribution >= 0.6 is 0 Å². The molecule has 23 heavy (non-hydrogen) atoms. The van der Waals surface area contributed by atoms with Crippen LogP contribution in [-0.4, -0.2) is 20.7 Å². The van der Waals surface area contributed by atoms with E-state index in [1.807, 2.05) is 30.3 Å². The fraction of sp³-hybridized carbons (Fsp3) is 0.176. The molecule has 0 fully saturated rings. The number of hydrogen-bond donors (Lipinski definition) is 1. The standard InChI is InChI=1S/C17H16N4O2/c1-21-17(23)14-8-3-2-7-13(14)15(20-21)10-16(22)19-11-12-6-4-5-9-18-12/h2-9H,10-11H2,1H3,(H,19,22). The van der Waals surface area contributed by atoms with E-state index in [0.717, 1.165) is 5.69 Å². The first-order chi connectivity index (χ1) is 11.1. The van der Waals surface area contributed by atoms with Gasteiger partial charge in [0.25, 0.3) is 5.56 Å². The van der Waals surface area contributed by atoms with E-state index in [9.17, 15) is 9.59 Å². The molecular formula is C17H16N4O2. The molecule has 0 aliphatic rings. The molecule has 0 atom stereocenters. The molecule has 1 N–H and O–H groups in total. The van der Waals surface area contributed by atoms with Crippen molar-refractivity contribution in [2.24, 2.45) is 7.05 Å². The van der Waals surface area contributed by atoms with Gasteiger partial charge in [-0.15, -0.1) is 0 Å². The molecule has 0 radical (unpaired) electrons. The monoisotopic (exact) mass is 308 g/mol. The SMILES string of the molecule is Cn1nc(CC(=O)NCc2ccccn2)c2ccccc2c1=O. The van der Waals surface area contributed by atoms with Crippen LogP contribution in [0.5, 0.6) is 0 Å². The number of carbonyl (C=O) groups excluding carboxylic acids is 1. The molecule has 6 heteroatoms. The number of rotatable bonds is 4. The summed E-state index contributed by atoms with van der Waals surface area (Å²) < 4.78 is 1.27. The van der Waals surface area contributed by atoms with E-state index in [1.165, 1.54) is 4.68 Å². The van der Waals surface area contributed by atoms with Crippen molar-refractivity contribution in [1.29, 1.82) is 0 Å². The van der Waals surface area contributed by atoms with Crippen molar-refractivity contribution in [3.05, 3.63) is 70.4 Å². The summed E-state index contributed by atoms with van der Waals surface area (Å²) in [4.78, 5) is 28.4. The largest absolute Gasteiger partial charge is 0.350 e. The highest BCUT2D eigenvalue weighted by atomic mass is 16.1. The number of aryl methyl sites for hydroxylation is 1. The van der Waals surface area contributed by atoms with Crippen LogP contribution in [0.15, 0.2) is 53.5 Å². The smallest absolute Gasteiger partial charge is 0.274 e. The third-order valence-corrected chi connectivity index (χ3v) is 3.55. The molecule has 2 aromatic heterocycles. The summed E-state index contributed by atoms with van der Waals surface area (Å²) >= 11 is 0. The van der Waals surface area contributed by atoms with Crippen LogP contribution in [0.3, 0.4) is 0 Å².